The molecule has 1 amide bonds. The van der Waals surface area contributed by atoms with Crippen molar-refractivity contribution in [3.05, 3.63) is 59.7 Å². The summed E-state index contributed by atoms with van der Waals surface area (Å²) in [4.78, 5) is 24.1. The number of anilines is 1. The van der Waals surface area contributed by atoms with Crippen molar-refractivity contribution in [2.75, 3.05) is 17.9 Å². The van der Waals surface area contributed by atoms with Gasteiger partial charge in [0.05, 0.1) is 16.9 Å². The van der Waals surface area contributed by atoms with Gasteiger partial charge in [-0.3, -0.25) is 14.3 Å². The standard InChI is InChI=1S/C21H24N2O6S/c1-15-4-2-6-17(12-15)23-30(27,28)18-7-3-5-16(13-18)20(26)22-21(14-19(24)25)8-10-29-11-9-21/h2-7,12-13,23H,8-11,14H2,1H3,(H,22,26)(H,24,25). The minimum Gasteiger partial charge on any atom is -0.481 e. The van der Waals surface area contributed by atoms with Crippen molar-refractivity contribution in [1.29, 1.82) is 0 Å². The lowest BCUT2D eigenvalue weighted by Crippen LogP contribution is -2.53. The van der Waals surface area contributed by atoms with E-state index in [1.807, 2.05) is 13.0 Å². The van der Waals surface area contributed by atoms with Crippen LogP contribution in [0.3, 0.4) is 0 Å². The zero-order valence-electron chi connectivity index (χ0n) is 16.6. The molecule has 0 atom stereocenters. The summed E-state index contributed by atoms with van der Waals surface area (Å²) < 4.78 is 33.3. The summed E-state index contributed by atoms with van der Waals surface area (Å²) in [5.41, 5.74) is 0.546. The fraction of sp³-hybridized carbons (Fsp3) is 0.333. The Kier molecular flexibility index (Phi) is 6.42. The number of hydrogen-bond acceptors (Lipinski definition) is 5. The molecule has 2 aromatic carbocycles. The normalized spacial score (nSPS) is 15.9. The van der Waals surface area contributed by atoms with E-state index >= 15 is 0 Å². The molecule has 2 aromatic rings. The lowest BCUT2D eigenvalue weighted by molar-refractivity contribution is -0.139. The van der Waals surface area contributed by atoms with E-state index in [-0.39, 0.29) is 16.9 Å². The Labute approximate surface area is 175 Å². The topological polar surface area (TPSA) is 122 Å². The van der Waals surface area contributed by atoms with Gasteiger partial charge in [0.25, 0.3) is 15.9 Å². The zero-order valence-corrected chi connectivity index (χ0v) is 17.4. The molecular weight excluding hydrogens is 408 g/mol. The van der Waals surface area contributed by atoms with Crippen molar-refractivity contribution in [3.63, 3.8) is 0 Å². The van der Waals surface area contributed by atoms with Gasteiger partial charge >= 0.3 is 5.97 Å². The minimum absolute atomic E-state index is 0.0593. The highest BCUT2D eigenvalue weighted by Gasteiger charge is 2.36. The number of carboxylic acid groups (broad SMARTS) is 1. The van der Waals surface area contributed by atoms with Gasteiger partial charge in [0.1, 0.15) is 0 Å². The number of nitrogens with one attached hydrogen (secondary N) is 2. The van der Waals surface area contributed by atoms with Crippen molar-refractivity contribution in [2.24, 2.45) is 0 Å². The third-order valence-corrected chi connectivity index (χ3v) is 6.37. The first kappa shape index (κ1) is 21.8. The molecule has 1 aliphatic heterocycles. The van der Waals surface area contributed by atoms with Crippen LogP contribution in [0.5, 0.6) is 0 Å². The van der Waals surface area contributed by atoms with Gasteiger partial charge in [-0.2, -0.15) is 0 Å². The second-order valence-electron chi connectivity index (χ2n) is 7.42. The minimum atomic E-state index is -3.90. The van der Waals surface area contributed by atoms with Crippen LogP contribution in [0.2, 0.25) is 0 Å². The molecule has 0 aliphatic carbocycles. The molecule has 0 unspecified atom stereocenters. The van der Waals surface area contributed by atoms with E-state index in [0.29, 0.717) is 31.7 Å². The molecule has 8 nitrogen and oxygen atoms in total. The van der Waals surface area contributed by atoms with Crippen LogP contribution in [-0.2, 0) is 19.6 Å². The molecule has 0 radical (unpaired) electrons. The van der Waals surface area contributed by atoms with Crippen molar-refractivity contribution >= 4 is 27.6 Å². The first-order chi connectivity index (χ1) is 14.2. The summed E-state index contributed by atoms with van der Waals surface area (Å²) in [6.07, 6.45) is 0.519. The molecule has 1 heterocycles. The Hall–Kier alpha value is -2.91. The van der Waals surface area contributed by atoms with E-state index in [4.69, 9.17) is 4.74 Å². The van der Waals surface area contributed by atoms with Crippen LogP contribution in [0.25, 0.3) is 0 Å². The summed E-state index contributed by atoms with van der Waals surface area (Å²) in [6, 6.07) is 12.6. The van der Waals surface area contributed by atoms with E-state index in [1.54, 1.807) is 18.2 Å². The number of sulfonamides is 1. The number of hydrogen-bond donors (Lipinski definition) is 3. The first-order valence-corrected chi connectivity index (χ1v) is 11.0. The Morgan fingerprint density at radius 2 is 1.80 bits per heavy atom. The highest BCUT2D eigenvalue weighted by molar-refractivity contribution is 7.92. The third-order valence-electron chi connectivity index (χ3n) is 5.00. The predicted molar refractivity (Wildman–Crippen MR) is 111 cm³/mol. The number of carbonyl (C=O) groups excluding carboxylic acids is 1. The van der Waals surface area contributed by atoms with Crippen molar-refractivity contribution in [3.8, 4) is 0 Å². The number of carbonyl (C=O) groups is 2. The number of rotatable bonds is 7. The smallest absolute Gasteiger partial charge is 0.305 e. The molecule has 0 saturated carbocycles. The third kappa shape index (κ3) is 5.37. The van der Waals surface area contributed by atoms with Gasteiger partial charge in [0.2, 0.25) is 0 Å². The molecular formula is C21H24N2O6S. The number of carboxylic acids is 1. The second kappa shape index (κ2) is 8.85. The summed E-state index contributed by atoms with van der Waals surface area (Å²) in [7, 11) is -3.90. The zero-order chi connectivity index (χ0) is 21.8. The van der Waals surface area contributed by atoms with Crippen LogP contribution in [0.4, 0.5) is 5.69 Å². The van der Waals surface area contributed by atoms with E-state index in [9.17, 15) is 23.1 Å². The number of ether oxygens (including phenoxy) is 1. The molecule has 9 heteroatoms. The average molecular weight is 432 g/mol. The van der Waals surface area contributed by atoms with Crippen molar-refractivity contribution in [2.45, 2.75) is 36.6 Å². The number of benzene rings is 2. The van der Waals surface area contributed by atoms with Gasteiger partial charge in [-0.05, 0) is 55.7 Å². The van der Waals surface area contributed by atoms with Crippen LogP contribution >= 0.6 is 0 Å². The van der Waals surface area contributed by atoms with Crippen LogP contribution in [0.1, 0.15) is 35.2 Å². The van der Waals surface area contributed by atoms with Gasteiger partial charge < -0.3 is 15.2 Å². The Morgan fingerprint density at radius 3 is 2.47 bits per heavy atom. The summed E-state index contributed by atoms with van der Waals surface area (Å²) in [5, 5.41) is 12.0. The molecule has 1 fully saturated rings. The fourth-order valence-electron chi connectivity index (χ4n) is 3.44. The predicted octanol–water partition coefficient (Wildman–Crippen LogP) is 2.55. The lowest BCUT2D eigenvalue weighted by atomic mass is 9.86. The molecule has 0 spiro atoms. The van der Waals surface area contributed by atoms with Crippen molar-refractivity contribution in [1.82, 2.24) is 5.32 Å². The maximum atomic E-state index is 12.8. The van der Waals surface area contributed by atoms with Crippen LogP contribution in [0, 0.1) is 6.92 Å². The Morgan fingerprint density at radius 1 is 1.10 bits per heavy atom. The molecule has 3 rings (SSSR count). The highest BCUT2D eigenvalue weighted by Crippen LogP contribution is 2.26. The SMILES string of the molecule is Cc1cccc(NS(=O)(=O)c2cccc(C(=O)NC3(CC(=O)O)CCOCC3)c2)c1. The summed E-state index contributed by atoms with van der Waals surface area (Å²) in [6.45, 7) is 2.55. The molecule has 0 bridgehead atoms. The van der Waals surface area contributed by atoms with Crippen LogP contribution in [-0.4, -0.2) is 44.2 Å². The van der Waals surface area contributed by atoms with E-state index in [1.165, 1.54) is 24.3 Å². The average Bonchev–Trinajstić information content (AvgIpc) is 2.68. The molecule has 0 aromatic heterocycles. The molecule has 1 aliphatic rings. The number of aliphatic carboxylic acids is 1. The second-order valence-corrected chi connectivity index (χ2v) is 9.10. The van der Waals surface area contributed by atoms with E-state index in [2.05, 4.69) is 10.0 Å². The van der Waals surface area contributed by atoms with Gasteiger partial charge in [0.15, 0.2) is 0 Å². The Bertz CT molecular complexity index is 1040. The quantitative estimate of drug-likeness (QED) is 0.618. The maximum Gasteiger partial charge on any atom is 0.305 e. The van der Waals surface area contributed by atoms with Gasteiger partial charge in [-0.25, -0.2) is 8.42 Å². The Balaban J connectivity index is 1.81. The van der Waals surface area contributed by atoms with E-state index < -0.39 is 27.4 Å². The summed E-state index contributed by atoms with van der Waals surface area (Å²) in [5.74, 6) is -1.54. The molecule has 3 N–H and O–H groups in total. The molecule has 30 heavy (non-hydrogen) atoms. The number of aryl methyl sites for hydroxylation is 1. The van der Waals surface area contributed by atoms with Gasteiger partial charge in [-0.15, -0.1) is 0 Å². The van der Waals surface area contributed by atoms with Crippen molar-refractivity contribution < 1.29 is 27.9 Å². The maximum absolute atomic E-state index is 12.8. The highest BCUT2D eigenvalue weighted by atomic mass is 32.2. The lowest BCUT2D eigenvalue weighted by Gasteiger charge is -2.36. The van der Waals surface area contributed by atoms with E-state index in [0.717, 1.165) is 5.56 Å². The van der Waals surface area contributed by atoms with Gasteiger partial charge in [0, 0.05) is 24.5 Å². The fourth-order valence-corrected chi connectivity index (χ4v) is 4.53. The number of amides is 1. The van der Waals surface area contributed by atoms with Crippen LogP contribution in [0.15, 0.2) is 53.4 Å². The molecule has 1 saturated heterocycles. The largest absolute Gasteiger partial charge is 0.481 e. The van der Waals surface area contributed by atoms with Gasteiger partial charge in [-0.1, -0.05) is 18.2 Å². The first-order valence-electron chi connectivity index (χ1n) is 9.51. The van der Waals surface area contributed by atoms with Crippen LogP contribution < -0.4 is 10.0 Å². The molecule has 160 valence electrons. The summed E-state index contributed by atoms with van der Waals surface area (Å²) >= 11 is 0. The monoisotopic (exact) mass is 432 g/mol.